The maximum atomic E-state index is 10.4. The molecule has 0 aliphatic rings. The highest BCUT2D eigenvalue weighted by molar-refractivity contribution is 9.10. The molecule has 2 aromatic rings. The Morgan fingerprint density at radius 3 is 2.68 bits per heavy atom. The van der Waals surface area contributed by atoms with E-state index in [0.717, 1.165) is 10.0 Å². The van der Waals surface area contributed by atoms with E-state index < -0.39 is 6.10 Å². The summed E-state index contributed by atoms with van der Waals surface area (Å²) in [5, 5.41) is 11.0. The van der Waals surface area contributed by atoms with E-state index in [1.165, 1.54) is 0 Å². The van der Waals surface area contributed by atoms with Crippen molar-refractivity contribution in [1.29, 1.82) is 0 Å². The average molecular weight is 342 g/mol. The van der Waals surface area contributed by atoms with Crippen LogP contribution in [0.3, 0.4) is 0 Å². The Kier molecular flexibility index (Phi) is 4.86. The van der Waals surface area contributed by atoms with Crippen LogP contribution < -0.4 is 4.74 Å². The average Bonchev–Trinajstić information content (AvgIpc) is 2.41. The smallest absolute Gasteiger partial charge is 0.124 e. The Labute approximate surface area is 126 Å². The van der Waals surface area contributed by atoms with Crippen molar-refractivity contribution >= 4 is 27.5 Å². The van der Waals surface area contributed by atoms with E-state index in [0.29, 0.717) is 22.8 Å². The molecule has 0 aliphatic heterocycles. The van der Waals surface area contributed by atoms with Gasteiger partial charge in [0.15, 0.2) is 0 Å². The zero-order chi connectivity index (χ0) is 13.8. The minimum Gasteiger partial charge on any atom is -0.496 e. The molecule has 2 aromatic carbocycles. The SMILES string of the molecule is COc1ccc(Cl)cc1C(O)Cc1ccccc1Br. The topological polar surface area (TPSA) is 29.5 Å². The molecular formula is C15H14BrClO2. The largest absolute Gasteiger partial charge is 0.496 e. The van der Waals surface area contributed by atoms with Gasteiger partial charge in [0, 0.05) is 21.5 Å². The molecule has 0 aromatic heterocycles. The monoisotopic (exact) mass is 340 g/mol. The molecule has 0 saturated carbocycles. The minimum atomic E-state index is -0.660. The molecule has 0 amide bonds. The van der Waals surface area contributed by atoms with Gasteiger partial charge < -0.3 is 9.84 Å². The highest BCUT2D eigenvalue weighted by Gasteiger charge is 2.15. The van der Waals surface area contributed by atoms with Crippen LogP contribution in [0.1, 0.15) is 17.2 Å². The van der Waals surface area contributed by atoms with Crippen molar-refractivity contribution in [1.82, 2.24) is 0 Å². The fraction of sp³-hybridized carbons (Fsp3) is 0.200. The Hall–Kier alpha value is -1.03. The lowest BCUT2D eigenvalue weighted by Crippen LogP contribution is -2.04. The molecule has 0 spiro atoms. The Morgan fingerprint density at radius 2 is 2.00 bits per heavy atom. The van der Waals surface area contributed by atoms with Crippen molar-refractivity contribution in [3.05, 3.63) is 63.1 Å². The summed E-state index contributed by atoms with van der Waals surface area (Å²) in [5.41, 5.74) is 1.74. The first-order chi connectivity index (χ1) is 9.11. The predicted octanol–water partition coefficient (Wildman–Crippen LogP) is 4.39. The first-order valence-electron chi connectivity index (χ1n) is 5.86. The van der Waals surface area contributed by atoms with E-state index >= 15 is 0 Å². The Bertz CT molecular complexity index is 572. The number of ether oxygens (including phenoxy) is 1. The fourth-order valence-corrected chi connectivity index (χ4v) is 2.58. The molecule has 0 heterocycles. The first-order valence-corrected chi connectivity index (χ1v) is 7.04. The molecule has 2 rings (SSSR count). The van der Waals surface area contributed by atoms with Gasteiger partial charge in [0.05, 0.1) is 13.2 Å². The van der Waals surface area contributed by atoms with E-state index in [1.54, 1.807) is 25.3 Å². The van der Waals surface area contributed by atoms with Gasteiger partial charge in [-0.3, -0.25) is 0 Å². The van der Waals surface area contributed by atoms with Gasteiger partial charge in [0.25, 0.3) is 0 Å². The second-order valence-corrected chi connectivity index (χ2v) is 5.49. The molecule has 2 nitrogen and oxygen atoms in total. The molecule has 4 heteroatoms. The zero-order valence-electron chi connectivity index (χ0n) is 10.4. The van der Waals surface area contributed by atoms with Crippen molar-refractivity contribution in [2.24, 2.45) is 0 Å². The normalized spacial score (nSPS) is 12.2. The van der Waals surface area contributed by atoms with Crippen LogP contribution in [-0.4, -0.2) is 12.2 Å². The summed E-state index contributed by atoms with van der Waals surface area (Å²) in [6.07, 6.45) is -0.162. The number of benzene rings is 2. The van der Waals surface area contributed by atoms with Gasteiger partial charge in [0.2, 0.25) is 0 Å². The lowest BCUT2D eigenvalue weighted by molar-refractivity contribution is 0.174. The van der Waals surface area contributed by atoms with Gasteiger partial charge in [-0.1, -0.05) is 45.7 Å². The Morgan fingerprint density at radius 1 is 1.26 bits per heavy atom. The standard InChI is InChI=1S/C15H14BrClO2/c1-19-15-7-6-11(17)9-12(15)14(18)8-10-4-2-3-5-13(10)16/h2-7,9,14,18H,8H2,1H3. The number of hydrogen-bond acceptors (Lipinski definition) is 2. The van der Waals surface area contributed by atoms with Crippen LogP contribution in [-0.2, 0) is 6.42 Å². The fourth-order valence-electron chi connectivity index (χ4n) is 1.95. The minimum absolute atomic E-state index is 0.498. The summed E-state index contributed by atoms with van der Waals surface area (Å²) < 4.78 is 6.24. The van der Waals surface area contributed by atoms with E-state index in [2.05, 4.69) is 15.9 Å². The summed E-state index contributed by atoms with van der Waals surface area (Å²) >= 11 is 9.46. The van der Waals surface area contributed by atoms with Gasteiger partial charge in [-0.15, -0.1) is 0 Å². The molecule has 19 heavy (non-hydrogen) atoms. The molecule has 0 fully saturated rings. The van der Waals surface area contributed by atoms with Gasteiger partial charge in [-0.05, 0) is 29.8 Å². The van der Waals surface area contributed by atoms with Crippen LogP contribution in [0.5, 0.6) is 5.75 Å². The maximum Gasteiger partial charge on any atom is 0.124 e. The summed E-state index contributed by atoms with van der Waals surface area (Å²) in [5.74, 6) is 0.643. The predicted molar refractivity (Wildman–Crippen MR) is 80.8 cm³/mol. The van der Waals surface area contributed by atoms with E-state index in [4.69, 9.17) is 16.3 Å². The molecule has 1 N–H and O–H groups in total. The van der Waals surface area contributed by atoms with Crippen LogP contribution >= 0.6 is 27.5 Å². The summed E-state index contributed by atoms with van der Waals surface area (Å²) in [6, 6.07) is 13.1. The van der Waals surface area contributed by atoms with Gasteiger partial charge in [-0.2, -0.15) is 0 Å². The van der Waals surface area contributed by atoms with Crippen LogP contribution in [0.4, 0.5) is 0 Å². The van der Waals surface area contributed by atoms with Gasteiger partial charge >= 0.3 is 0 Å². The third kappa shape index (κ3) is 3.50. The number of hydrogen-bond donors (Lipinski definition) is 1. The number of aliphatic hydroxyl groups excluding tert-OH is 1. The summed E-state index contributed by atoms with van der Waals surface area (Å²) in [4.78, 5) is 0. The number of halogens is 2. The second-order valence-electron chi connectivity index (χ2n) is 4.20. The zero-order valence-corrected chi connectivity index (χ0v) is 12.8. The first kappa shape index (κ1) is 14.4. The summed E-state index contributed by atoms with van der Waals surface area (Å²) in [6.45, 7) is 0. The maximum absolute atomic E-state index is 10.4. The van der Waals surface area contributed by atoms with Crippen LogP contribution in [0, 0.1) is 0 Å². The highest BCUT2D eigenvalue weighted by Crippen LogP contribution is 2.31. The number of aliphatic hydroxyl groups is 1. The second kappa shape index (κ2) is 6.42. The quantitative estimate of drug-likeness (QED) is 0.894. The van der Waals surface area contributed by atoms with E-state index in [1.807, 2.05) is 24.3 Å². The molecule has 100 valence electrons. The molecule has 0 bridgehead atoms. The lowest BCUT2D eigenvalue weighted by Gasteiger charge is -2.16. The lowest BCUT2D eigenvalue weighted by atomic mass is 10.0. The third-order valence-corrected chi connectivity index (χ3v) is 3.93. The van der Waals surface area contributed by atoms with Crippen molar-refractivity contribution in [3.63, 3.8) is 0 Å². The molecule has 1 atom stereocenters. The highest BCUT2D eigenvalue weighted by atomic mass is 79.9. The van der Waals surface area contributed by atoms with E-state index in [-0.39, 0.29) is 0 Å². The molecular weight excluding hydrogens is 328 g/mol. The van der Waals surface area contributed by atoms with E-state index in [9.17, 15) is 5.11 Å². The van der Waals surface area contributed by atoms with Crippen molar-refractivity contribution in [3.8, 4) is 5.75 Å². The van der Waals surface area contributed by atoms with Crippen molar-refractivity contribution in [2.45, 2.75) is 12.5 Å². The summed E-state index contributed by atoms with van der Waals surface area (Å²) in [7, 11) is 1.58. The molecule has 0 saturated heterocycles. The van der Waals surface area contributed by atoms with Crippen molar-refractivity contribution in [2.75, 3.05) is 7.11 Å². The van der Waals surface area contributed by atoms with Crippen LogP contribution in [0.2, 0.25) is 5.02 Å². The number of rotatable bonds is 4. The van der Waals surface area contributed by atoms with Crippen molar-refractivity contribution < 1.29 is 9.84 Å². The Balaban J connectivity index is 2.27. The van der Waals surface area contributed by atoms with Crippen LogP contribution in [0.15, 0.2) is 46.9 Å². The molecule has 0 aliphatic carbocycles. The third-order valence-electron chi connectivity index (χ3n) is 2.92. The number of methoxy groups -OCH3 is 1. The molecule has 0 radical (unpaired) electrons. The molecule has 1 unspecified atom stereocenters. The van der Waals surface area contributed by atoms with Crippen LogP contribution in [0.25, 0.3) is 0 Å². The van der Waals surface area contributed by atoms with Gasteiger partial charge in [0.1, 0.15) is 5.75 Å². The van der Waals surface area contributed by atoms with Gasteiger partial charge in [-0.25, -0.2) is 0 Å².